The number of aliphatic hydroxyl groups is 1. The van der Waals surface area contributed by atoms with Gasteiger partial charge in [-0.25, -0.2) is 8.78 Å². The van der Waals surface area contributed by atoms with Crippen LogP contribution in [0.2, 0.25) is 5.02 Å². The minimum Gasteiger partial charge on any atom is -0.501 e. The van der Waals surface area contributed by atoms with Crippen molar-refractivity contribution in [2.45, 2.75) is 18.9 Å². The minimum absolute atomic E-state index is 0.122. The van der Waals surface area contributed by atoms with E-state index in [1.165, 1.54) is 6.26 Å². The quantitative estimate of drug-likeness (QED) is 0.827. The van der Waals surface area contributed by atoms with Crippen molar-refractivity contribution in [3.05, 3.63) is 46.2 Å². The molecule has 0 aromatic heterocycles. The maximum atomic E-state index is 13.6. The Kier molecular flexibility index (Phi) is 3.64. The molecular weight excluding hydrogens is 250 g/mol. The second kappa shape index (κ2) is 5.02. The molecule has 0 radical (unpaired) electrons. The zero-order chi connectivity index (χ0) is 12.4. The Morgan fingerprint density at radius 3 is 2.71 bits per heavy atom. The van der Waals surface area contributed by atoms with Gasteiger partial charge in [-0.1, -0.05) is 11.6 Å². The highest BCUT2D eigenvalue weighted by atomic mass is 35.5. The van der Waals surface area contributed by atoms with Crippen molar-refractivity contribution in [2.75, 3.05) is 6.61 Å². The van der Waals surface area contributed by atoms with Gasteiger partial charge in [0.2, 0.25) is 0 Å². The summed E-state index contributed by atoms with van der Waals surface area (Å²) in [7, 11) is 0. The molecule has 1 aliphatic rings. The fourth-order valence-electron chi connectivity index (χ4n) is 1.73. The summed E-state index contributed by atoms with van der Waals surface area (Å²) in [5, 5.41) is 9.64. The molecule has 5 heteroatoms. The number of hydrogen-bond donors (Lipinski definition) is 1. The summed E-state index contributed by atoms with van der Waals surface area (Å²) in [6.45, 7) is 0.577. The predicted octanol–water partition coefficient (Wildman–Crippen LogP) is 3.35. The van der Waals surface area contributed by atoms with E-state index >= 15 is 0 Å². The van der Waals surface area contributed by atoms with Crippen LogP contribution in [0.5, 0.6) is 0 Å². The van der Waals surface area contributed by atoms with Crippen molar-refractivity contribution in [1.82, 2.24) is 0 Å². The smallest absolute Gasteiger partial charge is 0.142 e. The Balaban J connectivity index is 2.33. The van der Waals surface area contributed by atoms with Crippen LogP contribution in [0.3, 0.4) is 0 Å². The molecule has 0 saturated carbocycles. The summed E-state index contributed by atoms with van der Waals surface area (Å²) in [5.74, 6) is -1.48. The zero-order valence-corrected chi connectivity index (χ0v) is 9.68. The molecule has 1 unspecified atom stereocenters. The Bertz CT molecular complexity index is 460. The molecule has 0 amide bonds. The van der Waals surface area contributed by atoms with Gasteiger partial charge in [0.15, 0.2) is 0 Å². The topological polar surface area (TPSA) is 29.5 Å². The van der Waals surface area contributed by atoms with Crippen LogP contribution in [-0.2, 0) is 4.74 Å². The Morgan fingerprint density at radius 1 is 1.29 bits per heavy atom. The average Bonchev–Trinajstić information content (AvgIpc) is 2.34. The van der Waals surface area contributed by atoms with Crippen molar-refractivity contribution >= 4 is 11.6 Å². The highest BCUT2D eigenvalue weighted by Crippen LogP contribution is 2.31. The van der Waals surface area contributed by atoms with Crippen LogP contribution in [0.15, 0.2) is 24.0 Å². The molecule has 17 heavy (non-hydrogen) atoms. The lowest BCUT2D eigenvalue weighted by molar-refractivity contribution is 0.167. The normalized spacial score (nSPS) is 17.3. The van der Waals surface area contributed by atoms with Gasteiger partial charge >= 0.3 is 0 Å². The lowest BCUT2D eigenvalue weighted by Gasteiger charge is -2.19. The molecule has 1 heterocycles. The average molecular weight is 261 g/mol. The summed E-state index contributed by atoms with van der Waals surface area (Å²) in [4.78, 5) is 0. The number of ether oxygens (including phenoxy) is 1. The molecule has 1 aliphatic heterocycles. The summed E-state index contributed by atoms with van der Waals surface area (Å²) in [5.41, 5.74) is 0.417. The SMILES string of the molecule is OC(C1=COCCC1)c1cc(F)c(Cl)cc1F. The molecule has 1 N–H and O–H groups in total. The van der Waals surface area contributed by atoms with Gasteiger partial charge in [-0.3, -0.25) is 0 Å². The zero-order valence-electron chi connectivity index (χ0n) is 8.92. The van der Waals surface area contributed by atoms with E-state index in [1.54, 1.807) is 0 Å². The number of rotatable bonds is 2. The largest absolute Gasteiger partial charge is 0.501 e. The Morgan fingerprint density at radius 2 is 2.06 bits per heavy atom. The number of halogens is 3. The van der Waals surface area contributed by atoms with E-state index in [2.05, 4.69) is 0 Å². The molecule has 0 bridgehead atoms. The molecule has 1 aromatic rings. The van der Waals surface area contributed by atoms with E-state index < -0.39 is 17.7 Å². The first-order valence-electron chi connectivity index (χ1n) is 5.22. The second-order valence-corrected chi connectivity index (χ2v) is 4.26. The van der Waals surface area contributed by atoms with Gasteiger partial charge in [-0.05, 0) is 30.5 Å². The number of hydrogen-bond acceptors (Lipinski definition) is 2. The lowest BCUT2D eigenvalue weighted by atomic mass is 9.97. The molecule has 92 valence electrons. The van der Waals surface area contributed by atoms with Crippen LogP contribution < -0.4 is 0 Å². The summed E-state index contributed by atoms with van der Waals surface area (Å²) in [6.07, 6.45) is 1.56. The van der Waals surface area contributed by atoms with Crippen molar-refractivity contribution in [3.63, 3.8) is 0 Å². The fourth-order valence-corrected chi connectivity index (χ4v) is 1.88. The predicted molar refractivity (Wildman–Crippen MR) is 59.6 cm³/mol. The van der Waals surface area contributed by atoms with E-state index in [1.807, 2.05) is 0 Å². The van der Waals surface area contributed by atoms with Crippen molar-refractivity contribution in [2.24, 2.45) is 0 Å². The summed E-state index contributed by atoms with van der Waals surface area (Å²) >= 11 is 5.44. The van der Waals surface area contributed by atoms with Crippen LogP contribution in [0.1, 0.15) is 24.5 Å². The molecule has 0 spiro atoms. The maximum absolute atomic E-state index is 13.6. The molecule has 2 rings (SSSR count). The first kappa shape index (κ1) is 12.3. The van der Waals surface area contributed by atoms with Crippen LogP contribution >= 0.6 is 11.6 Å². The first-order valence-corrected chi connectivity index (χ1v) is 5.60. The van der Waals surface area contributed by atoms with E-state index in [0.717, 1.165) is 18.6 Å². The molecule has 1 aromatic carbocycles. The molecule has 1 atom stereocenters. The molecular formula is C12H11ClF2O2. The van der Waals surface area contributed by atoms with E-state index in [0.29, 0.717) is 18.6 Å². The van der Waals surface area contributed by atoms with E-state index in [4.69, 9.17) is 16.3 Å². The minimum atomic E-state index is -1.19. The van der Waals surface area contributed by atoms with Crippen molar-refractivity contribution in [3.8, 4) is 0 Å². The van der Waals surface area contributed by atoms with Gasteiger partial charge < -0.3 is 9.84 Å². The van der Waals surface area contributed by atoms with Gasteiger partial charge in [-0.15, -0.1) is 0 Å². The molecule has 0 aliphatic carbocycles. The van der Waals surface area contributed by atoms with Crippen molar-refractivity contribution in [1.29, 1.82) is 0 Å². The monoisotopic (exact) mass is 260 g/mol. The van der Waals surface area contributed by atoms with Crippen LogP contribution in [0.25, 0.3) is 0 Å². The van der Waals surface area contributed by atoms with E-state index in [-0.39, 0.29) is 10.6 Å². The lowest BCUT2D eigenvalue weighted by Crippen LogP contribution is -2.09. The summed E-state index contributed by atoms with van der Waals surface area (Å²) in [6, 6.07) is 1.78. The second-order valence-electron chi connectivity index (χ2n) is 3.86. The molecule has 0 saturated heterocycles. The third-order valence-corrected chi connectivity index (χ3v) is 2.94. The Hall–Kier alpha value is -1.13. The third kappa shape index (κ3) is 2.58. The maximum Gasteiger partial charge on any atom is 0.142 e. The van der Waals surface area contributed by atoms with Gasteiger partial charge in [-0.2, -0.15) is 0 Å². The molecule has 0 fully saturated rings. The van der Waals surface area contributed by atoms with Crippen LogP contribution in [0.4, 0.5) is 8.78 Å². The van der Waals surface area contributed by atoms with Gasteiger partial charge in [0, 0.05) is 5.56 Å². The first-order chi connectivity index (χ1) is 8.09. The number of aliphatic hydroxyl groups excluding tert-OH is 1. The van der Waals surface area contributed by atoms with Gasteiger partial charge in [0.1, 0.15) is 17.7 Å². The van der Waals surface area contributed by atoms with Gasteiger partial charge in [0.25, 0.3) is 0 Å². The van der Waals surface area contributed by atoms with Crippen LogP contribution in [0, 0.1) is 11.6 Å². The highest BCUT2D eigenvalue weighted by molar-refractivity contribution is 6.30. The number of benzene rings is 1. The standard InChI is InChI=1S/C12H11ClF2O2/c13-9-5-10(14)8(4-11(9)15)12(16)7-2-1-3-17-6-7/h4-6,12,16H,1-3H2. The van der Waals surface area contributed by atoms with E-state index in [9.17, 15) is 13.9 Å². The highest BCUT2D eigenvalue weighted by Gasteiger charge is 2.21. The Labute approximate surface area is 102 Å². The van der Waals surface area contributed by atoms with Crippen LogP contribution in [-0.4, -0.2) is 11.7 Å². The summed E-state index contributed by atoms with van der Waals surface area (Å²) < 4.78 is 31.8. The third-order valence-electron chi connectivity index (χ3n) is 2.65. The van der Waals surface area contributed by atoms with Crippen molar-refractivity contribution < 1.29 is 18.6 Å². The van der Waals surface area contributed by atoms with Gasteiger partial charge in [0.05, 0.1) is 17.9 Å². The fraction of sp³-hybridized carbons (Fsp3) is 0.333. The molecule has 2 nitrogen and oxygen atoms in total.